The van der Waals surface area contributed by atoms with E-state index in [1.54, 1.807) is 0 Å². The second-order valence-electron chi connectivity index (χ2n) is 11.8. The first-order chi connectivity index (χ1) is 16.1. The molecule has 4 fully saturated rings. The average Bonchev–Trinajstić information content (AvgIpc) is 3.12. The Morgan fingerprint density at radius 1 is 1.00 bits per heavy atom. The normalized spacial score (nSPS) is 45.4. The van der Waals surface area contributed by atoms with Gasteiger partial charge in [0.1, 0.15) is 12.2 Å². The molecule has 6 heteroatoms. The summed E-state index contributed by atoms with van der Waals surface area (Å²) in [5, 5.41) is 12.0. The van der Waals surface area contributed by atoms with Gasteiger partial charge in [0.25, 0.3) is 0 Å². The molecule has 186 valence electrons. The minimum Gasteiger partial charge on any atom is -0.462 e. The Labute approximate surface area is 211 Å². The molecule has 0 saturated heterocycles. The van der Waals surface area contributed by atoms with Crippen molar-refractivity contribution in [3.63, 3.8) is 0 Å². The van der Waals surface area contributed by atoms with Crippen molar-refractivity contribution in [2.75, 3.05) is 0 Å². The maximum Gasteiger partial charge on any atom is 0.338 e. The van der Waals surface area contributed by atoms with Crippen LogP contribution >= 0.6 is 15.9 Å². The van der Waals surface area contributed by atoms with Crippen molar-refractivity contribution in [2.24, 2.45) is 28.6 Å². The van der Waals surface area contributed by atoms with E-state index < -0.39 is 5.60 Å². The van der Waals surface area contributed by atoms with Gasteiger partial charge >= 0.3 is 11.9 Å². The topological polar surface area (TPSA) is 72.8 Å². The van der Waals surface area contributed by atoms with E-state index in [2.05, 4.69) is 29.8 Å². The Morgan fingerprint density at radius 2 is 1.74 bits per heavy atom. The van der Waals surface area contributed by atoms with Gasteiger partial charge in [0.2, 0.25) is 0 Å². The Hall–Kier alpha value is -1.40. The number of halogens is 1. The third kappa shape index (κ3) is 3.66. The van der Waals surface area contributed by atoms with Crippen LogP contribution in [0, 0.1) is 28.6 Å². The first-order valence-electron chi connectivity index (χ1n) is 12.9. The number of carbonyl (C=O) groups excluding carboxylic acids is 2. The molecule has 0 bridgehead atoms. The van der Waals surface area contributed by atoms with Crippen LogP contribution in [0.4, 0.5) is 0 Å². The number of fused-ring (bicyclic) bond motifs is 5. The second kappa shape index (κ2) is 8.62. The molecule has 0 aromatic heterocycles. The molecule has 0 spiro atoms. The van der Waals surface area contributed by atoms with Gasteiger partial charge in [-0.15, -0.1) is 0 Å². The Balaban J connectivity index is 1.36. The Morgan fingerprint density at radius 3 is 2.44 bits per heavy atom. The summed E-state index contributed by atoms with van der Waals surface area (Å²) in [5.41, 5.74) is -0.526. The van der Waals surface area contributed by atoms with Gasteiger partial charge in [-0.3, -0.25) is 4.79 Å². The number of rotatable bonds is 3. The summed E-state index contributed by atoms with van der Waals surface area (Å²) in [6.07, 6.45) is 6.82. The molecule has 0 radical (unpaired) electrons. The second-order valence-corrected chi connectivity index (χ2v) is 12.9. The van der Waals surface area contributed by atoms with Crippen LogP contribution in [0.15, 0.2) is 30.3 Å². The monoisotopic (exact) mass is 532 g/mol. The maximum atomic E-state index is 12.8. The zero-order valence-electron chi connectivity index (χ0n) is 20.5. The number of carbonyl (C=O) groups is 2. The quantitative estimate of drug-likeness (QED) is 0.400. The van der Waals surface area contributed by atoms with Crippen LogP contribution in [0.25, 0.3) is 0 Å². The molecular weight excluding hydrogens is 496 g/mol. The van der Waals surface area contributed by atoms with Crippen molar-refractivity contribution in [1.29, 1.82) is 0 Å². The molecule has 0 heterocycles. The number of esters is 2. The van der Waals surface area contributed by atoms with Gasteiger partial charge in [0.05, 0.1) is 11.2 Å². The van der Waals surface area contributed by atoms with Crippen molar-refractivity contribution in [3.05, 3.63) is 35.9 Å². The van der Waals surface area contributed by atoms with Crippen molar-refractivity contribution < 1.29 is 24.2 Å². The number of alkyl halides is 1. The molecule has 1 aromatic rings. The molecule has 9 atom stereocenters. The predicted molar refractivity (Wildman–Crippen MR) is 132 cm³/mol. The number of hydrogen-bond donors (Lipinski definition) is 1. The SMILES string of the molecule is CC(=O)O[C@H]1CC[C@]2(C)[C@H]3CC[C@]4(C)[C@@H](OC(=O)c5ccccc5)CC[C@H]4[C@@H]3C[C@@H](Br)[C@]2(O)C1. The van der Waals surface area contributed by atoms with E-state index in [4.69, 9.17) is 9.47 Å². The first-order valence-corrected chi connectivity index (χ1v) is 13.8. The molecule has 1 N–H and O–H groups in total. The van der Waals surface area contributed by atoms with Gasteiger partial charge in [0, 0.05) is 29.0 Å². The Bertz CT molecular complexity index is 951. The summed E-state index contributed by atoms with van der Waals surface area (Å²) in [6, 6.07) is 9.29. The number of hydrogen-bond acceptors (Lipinski definition) is 5. The van der Waals surface area contributed by atoms with Crippen molar-refractivity contribution in [3.8, 4) is 0 Å². The minimum atomic E-state index is -0.891. The van der Waals surface area contributed by atoms with E-state index in [1.165, 1.54) is 6.92 Å². The Kier molecular flexibility index (Phi) is 6.16. The highest BCUT2D eigenvalue weighted by Crippen LogP contribution is 2.68. The third-order valence-electron chi connectivity index (χ3n) is 10.3. The summed E-state index contributed by atoms with van der Waals surface area (Å²) >= 11 is 3.90. The maximum absolute atomic E-state index is 12.8. The van der Waals surface area contributed by atoms with Gasteiger partial charge < -0.3 is 14.6 Å². The highest BCUT2D eigenvalue weighted by Gasteiger charge is 2.67. The molecule has 1 aromatic carbocycles. The van der Waals surface area contributed by atoms with Crippen molar-refractivity contribution in [2.45, 2.75) is 94.8 Å². The molecule has 0 aliphatic heterocycles. The molecule has 0 unspecified atom stereocenters. The molecule has 5 nitrogen and oxygen atoms in total. The molecule has 0 amide bonds. The van der Waals surface area contributed by atoms with Gasteiger partial charge in [-0.05, 0) is 74.8 Å². The van der Waals surface area contributed by atoms with Gasteiger partial charge in [-0.2, -0.15) is 0 Å². The lowest BCUT2D eigenvalue weighted by Crippen LogP contribution is -2.67. The predicted octanol–water partition coefficient (Wildman–Crippen LogP) is 5.67. The van der Waals surface area contributed by atoms with E-state index >= 15 is 0 Å². The van der Waals surface area contributed by atoms with Crippen LogP contribution in [0.3, 0.4) is 0 Å². The smallest absolute Gasteiger partial charge is 0.338 e. The fourth-order valence-electron chi connectivity index (χ4n) is 8.45. The van der Waals surface area contributed by atoms with E-state index in [9.17, 15) is 14.7 Å². The van der Waals surface area contributed by atoms with Gasteiger partial charge in [-0.25, -0.2) is 4.79 Å². The summed E-state index contributed by atoms with van der Waals surface area (Å²) < 4.78 is 11.7. The zero-order chi connectivity index (χ0) is 24.3. The van der Waals surface area contributed by atoms with Crippen LogP contribution < -0.4 is 0 Å². The van der Waals surface area contributed by atoms with E-state index in [0.29, 0.717) is 29.7 Å². The van der Waals surface area contributed by atoms with Crippen LogP contribution in [0.5, 0.6) is 0 Å². The molecule has 34 heavy (non-hydrogen) atoms. The number of ether oxygens (including phenoxy) is 2. The van der Waals surface area contributed by atoms with Crippen LogP contribution in [0.2, 0.25) is 0 Å². The zero-order valence-corrected chi connectivity index (χ0v) is 22.1. The molecule has 5 rings (SSSR count). The van der Waals surface area contributed by atoms with Crippen LogP contribution in [-0.4, -0.2) is 39.7 Å². The lowest BCUT2D eigenvalue weighted by molar-refractivity contribution is -0.220. The molecule has 4 saturated carbocycles. The highest BCUT2D eigenvalue weighted by atomic mass is 79.9. The standard InChI is InChI=1S/C28H37BrO5/c1-17(30)33-19-11-14-27(3)22-12-13-26(2)21(20(22)15-23(29)28(27,32)16-19)9-10-24(26)34-25(31)18-7-5-4-6-8-18/h4-8,19-24,32H,9-16H2,1-3H3/t19-,20-,21-,22-,23+,24-,26-,27+,28+/m0/s1. The largest absolute Gasteiger partial charge is 0.462 e. The van der Waals surface area contributed by atoms with Gasteiger partial charge in [0.15, 0.2) is 0 Å². The summed E-state index contributed by atoms with van der Waals surface area (Å²) in [6.45, 7) is 6.05. The molecule has 4 aliphatic carbocycles. The first kappa shape index (κ1) is 24.3. The summed E-state index contributed by atoms with van der Waals surface area (Å²) in [7, 11) is 0. The average molecular weight is 534 g/mol. The third-order valence-corrected chi connectivity index (χ3v) is 11.4. The lowest BCUT2D eigenvalue weighted by atomic mass is 9.43. The van der Waals surface area contributed by atoms with Crippen LogP contribution in [-0.2, 0) is 14.3 Å². The molecular formula is C28H37BrO5. The van der Waals surface area contributed by atoms with Gasteiger partial charge in [-0.1, -0.05) is 48.0 Å². The fraction of sp³-hybridized carbons (Fsp3) is 0.714. The fourth-order valence-corrected chi connectivity index (χ4v) is 9.59. The van der Waals surface area contributed by atoms with Crippen molar-refractivity contribution >= 4 is 27.9 Å². The highest BCUT2D eigenvalue weighted by molar-refractivity contribution is 9.09. The minimum absolute atomic E-state index is 0.0287. The molecule has 4 aliphatic rings. The van der Waals surface area contributed by atoms with E-state index in [0.717, 1.165) is 44.9 Å². The lowest BCUT2D eigenvalue weighted by Gasteiger charge is -2.65. The summed E-state index contributed by atoms with van der Waals surface area (Å²) in [4.78, 5) is 24.4. The summed E-state index contributed by atoms with van der Waals surface area (Å²) in [5.74, 6) is 0.895. The van der Waals surface area contributed by atoms with E-state index in [-0.39, 0.29) is 39.8 Å². The number of aliphatic hydroxyl groups is 1. The number of benzene rings is 1. The van der Waals surface area contributed by atoms with E-state index in [1.807, 2.05) is 30.3 Å². The van der Waals surface area contributed by atoms with Crippen LogP contribution in [0.1, 0.15) is 82.5 Å². The van der Waals surface area contributed by atoms with Crippen molar-refractivity contribution in [1.82, 2.24) is 0 Å².